The van der Waals surface area contributed by atoms with Crippen molar-refractivity contribution in [2.75, 3.05) is 4.90 Å². The van der Waals surface area contributed by atoms with Crippen LogP contribution in [0.1, 0.15) is 0 Å². The molecule has 0 radical (unpaired) electrons. The van der Waals surface area contributed by atoms with Crippen LogP contribution in [-0.4, -0.2) is 0 Å². The minimum Gasteiger partial charge on any atom is -0.456 e. The summed E-state index contributed by atoms with van der Waals surface area (Å²) in [5.74, 6) is 0. The maximum Gasteiger partial charge on any atom is 0.143 e. The lowest BCUT2D eigenvalue weighted by Gasteiger charge is -2.27. The highest BCUT2D eigenvalue weighted by Gasteiger charge is 2.22. The molecule has 258 valence electrons. The van der Waals surface area contributed by atoms with Crippen LogP contribution in [-0.2, 0) is 0 Å². The predicted molar refractivity (Wildman–Crippen MR) is 229 cm³/mol. The second-order valence-corrected chi connectivity index (χ2v) is 14.1. The SMILES string of the molecule is c1ccc(-c2ccc(N(c3ccc(-c4cccc5c4oc4ccccc45)cc3)c3cc(-c4ccccc4)cc4oc5cc6ccccc6cc5c34)cc2)cc1. The lowest BCUT2D eigenvalue weighted by molar-refractivity contribution is 0.669. The molecule has 0 aliphatic carbocycles. The van der Waals surface area contributed by atoms with Gasteiger partial charge in [0, 0.05) is 33.1 Å². The molecular weight excluding hydrogens is 671 g/mol. The molecule has 0 saturated carbocycles. The van der Waals surface area contributed by atoms with Crippen molar-refractivity contribution < 1.29 is 8.83 Å². The number of fused-ring (bicyclic) bond motifs is 7. The molecule has 0 fully saturated rings. The third-order valence-electron chi connectivity index (χ3n) is 10.8. The van der Waals surface area contributed by atoms with Gasteiger partial charge in [0.2, 0.25) is 0 Å². The Morgan fingerprint density at radius 1 is 0.327 bits per heavy atom. The van der Waals surface area contributed by atoms with E-state index in [9.17, 15) is 0 Å². The van der Waals surface area contributed by atoms with E-state index in [2.05, 4.69) is 193 Å². The summed E-state index contributed by atoms with van der Waals surface area (Å²) in [5, 5.41) is 6.74. The first-order valence-electron chi connectivity index (χ1n) is 18.7. The Hall–Kier alpha value is -7.36. The average molecular weight is 704 g/mol. The molecule has 0 unspecified atom stereocenters. The van der Waals surface area contributed by atoms with Crippen molar-refractivity contribution in [2.45, 2.75) is 0 Å². The van der Waals surface area contributed by atoms with Crippen LogP contribution in [0.25, 0.3) is 88.0 Å². The number of para-hydroxylation sites is 2. The summed E-state index contributed by atoms with van der Waals surface area (Å²) < 4.78 is 13.2. The van der Waals surface area contributed by atoms with Crippen LogP contribution in [0, 0.1) is 0 Å². The van der Waals surface area contributed by atoms with Crippen LogP contribution in [0.3, 0.4) is 0 Å². The van der Waals surface area contributed by atoms with Crippen molar-refractivity contribution in [3.8, 4) is 33.4 Å². The van der Waals surface area contributed by atoms with Gasteiger partial charge in [0.25, 0.3) is 0 Å². The van der Waals surface area contributed by atoms with Gasteiger partial charge in [-0.1, -0.05) is 146 Å². The lowest BCUT2D eigenvalue weighted by Crippen LogP contribution is -2.10. The first kappa shape index (κ1) is 31.2. The molecule has 0 atom stereocenters. The number of hydrogen-bond acceptors (Lipinski definition) is 3. The first-order chi connectivity index (χ1) is 27.2. The van der Waals surface area contributed by atoms with E-state index in [1.807, 2.05) is 12.1 Å². The summed E-state index contributed by atoms with van der Waals surface area (Å²) >= 11 is 0. The second kappa shape index (κ2) is 12.6. The number of anilines is 3. The molecule has 0 N–H and O–H groups in total. The van der Waals surface area contributed by atoms with E-state index in [0.717, 1.165) is 88.6 Å². The monoisotopic (exact) mass is 703 g/mol. The smallest absolute Gasteiger partial charge is 0.143 e. The van der Waals surface area contributed by atoms with E-state index in [0.29, 0.717) is 0 Å². The van der Waals surface area contributed by atoms with Gasteiger partial charge in [0.05, 0.1) is 11.1 Å². The Kier molecular flexibility index (Phi) is 7.17. The Bertz CT molecular complexity index is 3180. The summed E-state index contributed by atoms with van der Waals surface area (Å²) in [6.45, 7) is 0. The fraction of sp³-hybridized carbons (Fsp3) is 0. The second-order valence-electron chi connectivity index (χ2n) is 14.1. The third-order valence-corrected chi connectivity index (χ3v) is 10.8. The van der Waals surface area contributed by atoms with Gasteiger partial charge in [-0.15, -0.1) is 0 Å². The van der Waals surface area contributed by atoms with Gasteiger partial charge in [-0.25, -0.2) is 0 Å². The molecule has 0 saturated heterocycles. The molecule has 0 bridgehead atoms. The van der Waals surface area contributed by atoms with E-state index >= 15 is 0 Å². The molecule has 11 rings (SSSR count). The summed E-state index contributed by atoms with van der Waals surface area (Å²) in [5.41, 5.74) is 13.4. The van der Waals surface area contributed by atoms with Crippen molar-refractivity contribution in [3.63, 3.8) is 0 Å². The van der Waals surface area contributed by atoms with Crippen molar-refractivity contribution in [1.82, 2.24) is 0 Å². The predicted octanol–water partition coefficient (Wildman–Crippen LogP) is 15.1. The summed E-state index contributed by atoms with van der Waals surface area (Å²) in [4.78, 5) is 2.37. The highest BCUT2D eigenvalue weighted by atomic mass is 16.3. The molecule has 55 heavy (non-hydrogen) atoms. The van der Waals surface area contributed by atoms with Crippen molar-refractivity contribution in [1.29, 1.82) is 0 Å². The number of furan rings is 2. The van der Waals surface area contributed by atoms with Crippen LogP contribution in [0.4, 0.5) is 17.1 Å². The molecule has 3 nitrogen and oxygen atoms in total. The molecule has 11 aromatic rings. The molecule has 3 heteroatoms. The zero-order valence-corrected chi connectivity index (χ0v) is 29.8. The van der Waals surface area contributed by atoms with E-state index in [-0.39, 0.29) is 0 Å². The first-order valence-corrected chi connectivity index (χ1v) is 18.7. The molecule has 0 aliphatic rings. The van der Waals surface area contributed by atoms with Crippen LogP contribution in [0.15, 0.2) is 209 Å². The molecule has 0 spiro atoms. The van der Waals surface area contributed by atoms with Crippen molar-refractivity contribution >= 4 is 71.7 Å². The standard InChI is InChI=1S/C52H33NO2/c1-3-12-34(13-4-1)36-22-26-41(27-23-36)53(42-28-24-37(25-29-42)43-19-11-20-45-44-18-9-10-21-48(44)55-52(43)45)47-31-40(35-14-5-2-6-15-35)33-50-51(47)46-30-38-16-7-8-17-39(38)32-49(46)54-50/h1-33H. The van der Waals surface area contributed by atoms with E-state index < -0.39 is 0 Å². The normalized spacial score (nSPS) is 11.6. The zero-order chi connectivity index (χ0) is 36.3. The van der Waals surface area contributed by atoms with Gasteiger partial charge in [-0.2, -0.15) is 0 Å². The molecule has 0 amide bonds. The van der Waals surface area contributed by atoms with E-state index in [1.54, 1.807) is 0 Å². The van der Waals surface area contributed by atoms with Gasteiger partial charge in [0.15, 0.2) is 0 Å². The van der Waals surface area contributed by atoms with Gasteiger partial charge in [0.1, 0.15) is 22.3 Å². The molecule has 9 aromatic carbocycles. The molecule has 2 heterocycles. The largest absolute Gasteiger partial charge is 0.456 e. The van der Waals surface area contributed by atoms with Crippen LogP contribution in [0.5, 0.6) is 0 Å². The topological polar surface area (TPSA) is 29.5 Å². The van der Waals surface area contributed by atoms with E-state index in [4.69, 9.17) is 8.83 Å². The summed E-state index contributed by atoms with van der Waals surface area (Å²) in [6, 6.07) is 70.9. The molecular formula is C52H33NO2. The average Bonchev–Trinajstić information content (AvgIpc) is 3.82. The highest BCUT2D eigenvalue weighted by molar-refractivity contribution is 6.17. The van der Waals surface area contributed by atoms with Crippen LogP contribution in [0.2, 0.25) is 0 Å². The number of rotatable bonds is 6. The minimum atomic E-state index is 0.848. The maximum atomic E-state index is 6.77. The molecule has 0 aliphatic heterocycles. The number of hydrogen-bond donors (Lipinski definition) is 0. The number of nitrogens with zero attached hydrogens (tertiary/aromatic N) is 1. The Labute approximate surface area is 317 Å². The highest BCUT2D eigenvalue weighted by Crippen LogP contribution is 2.47. The Morgan fingerprint density at radius 3 is 1.64 bits per heavy atom. The third kappa shape index (κ3) is 5.28. The van der Waals surface area contributed by atoms with Gasteiger partial charge in [-0.05, 0) is 93.2 Å². The molecule has 2 aromatic heterocycles. The fourth-order valence-corrected chi connectivity index (χ4v) is 8.17. The minimum absolute atomic E-state index is 0.848. The maximum absolute atomic E-state index is 6.77. The summed E-state index contributed by atoms with van der Waals surface area (Å²) in [6.07, 6.45) is 0. The van der Waals surface area contributed by atoms with Crippen molar-refractivity contribution in [3.05, 3.63) is 200 Å². The van der Waals surface area contributed by atoms with Gasteiger partial charge >= 0.3 is 0 Å². The lowest BCUT2D eigenvalue weighted by atomic mass is 9.98. The Morgan fingerprint density at radius 2 is 0.909 bits per heavy atom. The van der Waals surface area contributed by atoms with Gasteiger partial charge in [-0.3, -0.25) is 0 Å². The van der Waals surface area contributed by atoms with E-state index in [1.165, 1.54) is 16.5 Å². The zero-order valence-electron chi connectivity index (χ0n) is 29.8. The summed E-state index contributed by atoms with van der Waals surface area (Å²) in [7, 11) is 0. The fourth-order valence-electron chi connectivity index (χ4n) is 8.17. The number of benzene rings is 9. The van der Waals surface area contributed by atoms with Crippen molar-refractivity contribution in [2.24, 2.45) is 0 Å². The quantitative estimate of drug-likeness (QED) is 0.173. The van der Waals surface area contributed by atoms with Gasteiger partial charge < -0.3 is 13.7 Å². The van der Waals surface area contributed by atoms with Crippen LogP contribution >= 0.6 is 0 Å². The van der Waals surface area contributed by atoms with Crippen LogP contribution < -0.4 is 4.90 Å². The Balaban J connectivity index is 1.14.